The molecule has 106 valence electrons. The summed E-state index contributed by atoms with van der Waals surface area (Å²) < 4.78 is 41.2. The highest BCUT2D eigenvalue weighted by Gasteiger charge is 2.17. The standard InChI is InChI=1S/C12H9Br2FN2O2S/c13-7-1-4-10(15)12(5-7)17-20(18,19)8-2-3-9(14)11(16)6-8/h1-6,17H,16H2. The first kappa shape index (κ1) is 15.3. The van der Waals surface area contributed by atoms with E-state index in [4.69, 9.17) is 5.73 Å². The number of nitrogens with two attached hydrogens (primary N) is 1. The van der Waals surface area contributed by atoms with E-state index < -0.39 is 15.8 Å². The normalized spacial score (nSPS) is 11.3. The van der Waals surface area contributed by atoms with E-state index in [0.717, 1.165) is 6.07 Å². The van der Waals surface area contributed by atoms with E-state index in [1.165, 1.54) is 30.3 Å². The molecule has 0 heterocycles. The minimum absolute atomic E-state index is 0.0439. The molecule has 3 N–H and O–H groups in total. The summed E-state index contributed by atoms with van der Waals surface area (Å²) in [7, 11) is -3.90. The summed E-state index contributed by atoms with van der Waals surface area (Å²) in [5.41, 5.74) is 5.79. The van der Waals surface area contributed by atoms with E-state index in [-0.39, 0.29) is 16.3 Å². The quantitative estimate of drug-likeness (QED) is 0.738. The van der Waals surface area contributed by atoms with E-state index in [2.05, 4.69) is 36.6 Å². The predicted octanol–water partition coefficient (Wildman–Crippen LogP) is 3.73. The zero-order chi connectivity index (χ0) is 14.9. The fourth-order valence-electron chi connectivity index (χ4n) is 1.47. The lowest BCUT2D eigenvalue weighted by Gasteiger charge is -2.10. The summed E-state index contributed by atoms with van der Waals surface area (Å²) in [6.45, 7) is 0. The van der Waals surface area contributed by atoms with Crippen LogP contribution in [0.1, 0.15) is 0 Å². The van der Waals surface area contributed by atoms with Gasteiger partial charge >= 0.3 is 0 Å². The second kappa shape index (κ2) is 5.71. The molecule has 2 aromatic rings. The van der Waals surface area contributed by atoms with Crippen LogP contribution in [0.25, 0.3) is 0 Å². The molecule has 0 spiro atoms. The molecule has 2 rings (SSSR count). The molecular formula is C12H9Br2FN2O2S. The van der Waals surface area contributed by atoms with Crippen molar-refractivity contribution in [2.75, 3.05) is 10.5 Å². The van der Waals surface area contributed by atoms with E-state index in [1.54, 1.807) is 0 Å². The van der Waals surface area contributed by atoms with Gasteiger partial charge in [0.2, 0.25) is 0 Å². The smallest absolute Gasteiger partial charge is 0.262 e. The average Bonchev–Trinajstić information content (AvgIpc) is 2.36. The number of hydrogen-bond acceptors (Lipinski definition) is 3. The van der Waals surface area contributed by atoms with Crippen LogP contribution in [0.15, 0.2) is 50.2 Å². The van der Waals surface area contributed by atoms with Gasteiger partial charge in [0, 0.05) is 14.6 Å². The summed E-state index contributed by atoms with van der Waals surface area (Å²) in [5, 5.41) is 0. The Morgan fingerprint density at radius 1 is 1.10 bits per heavy atom. The molecule has 0 aliphatic rings. The molecule has 0 radical (unpaired) electrons. The number of anilines is 2. The Kier molecular flexibility index (Phi) is 4.36. The van der Waals surface area contributed by atoms with Crippen molar-refractivity contribution >= 4 is 53.3 Å². The van der Waals surface area contributed by atoms with E-state index in [1.807, 2.05) is 0 Å². The first-order valence-corrected chi connectivity index (χ1v) is 8.39. The van der Waals surface area contributed by atoms with Crippen LogP contribution in [-0.2, 0) is 10.0 Å². The van der Waals surface area contributed by atoms with Gasteiger partial charge in [-0.2, -0.15) is 0 Å². The van der Waals surface area contributed by atoms with Gasteiger partial charge in [0.05, 0.1) is 10.6 Å². The summed E-state index contributed by atoms with van der Waals surface area (Å²) in [5.74, 6) is -0.665. The van der Waals surface area contributed by atoms with Crippen LogP contribution in [0, 0.1) is 5.82 Å². The van der Waals surface area contributed by atoms with Gasteiger partial charge in [-0.25, -0.2) is 12.8 Å². The third-order valence-corrected chi connectivity index (χ3v) is 5.03. The van der Waals surface area contributed by atoms with Crippen molar-refractivity contribution in [1.29, 1.82) is 0 Å². The fourth-order valence-corrected chi connectivity index (χ4v) is 3.17. The second-order valence-corrected chi connectivity index (χ2v) is 7.37. The van der Waals surface area contributed by atoms with Crippen molar-refractivity contribution in [2.45, 2.75) is 4.90 Å². The van der Waals surface area contributed by atoms with Crippen LogP contribution in [-0.4, -0.2) is 8.42 Å². The van der Waals surface area contributed by atoms with Crippen molar-refractivity contribution in [3.8, 4) is 0 Å². The monoisotopic (exact) mass is 422 g/mol. The van der Waals surface area contributed by atoms with Gasteiger partial charge < -0.3 is 5.73 Å². The minimum Gasteiger partial charge on any atom is -0.398 e. The zero-order valence-electron chi connectivity index (χ0n) is 9.90. The Morgan fingerprint density at radius 3 is 2.45 bits per heavy atom. The summed E-state index contributed by atoms with van der Waals surface area (Å²) in [4.78, 5) is -0.0439. The first-order chi connectivity index (χ1) is 9.29. The van der Waals surface area contributed by atoms with Gasteiger partial charge in [-0.3, -0.25) is 4.72 Å². The van der Waals surface area contributed by atoms with Crippen molar-refractivity contribution < 1.29 is 12.8 Å². The number of nitrogen functional groups attached to an aromatic ring is 1. The van der Waals surface area contributed by atoms with Crippen LogP contribution >= 0.6 is 31.9 Å². The van der Waals surface area contributed by atoms with Gasteiger partial charge in [-0.1, -0.05) is 15.9 Å². The van der Waals surface area contributed by atoms with Crippen molar-refractivity contribution in [3.05, 3.63) is 51.2 Å². The lowest BCUT2D eigenvalue weighted by Crippen LogP contribution is -2.14. The van der Waals surface area contributed by atoms with Gasteiger partial charge in [0.1, 0.15) is 5.82 Å². The number of halogens is 3. The first-order valence-electron chi connectivity index (χ1n) is 5.32. The van der Waals surface area contributed by atoms with Gasteiger partial charge in [-0.15, -0.1) is 0 Å². The highest BCUT2D eigenvalue weighted by atomic mass is 79.9. The molecule has 0 atom stereocenters. The maximum atomic E-state index is 13.6. The molecule has 20 heavy (non-hydrogen) atoms. The highest BCUT2D eigenvalue weighted by Crippen LogP contribution is 2.26. The van der Waals surface area contributed by atoms with Crippen LogP contribution < -0.4 is 10.5 Å². The van der Waals surface area contributed by atoms with Gasteiger partial charge in [-0.05, 0) is 52.3 Å². The van der Waals surface area contributed by atoms with Crippen LogP contribution in [0.4, 0.5) is 15.8 Å². The number of nitrogens with one attached hydrogen (secondary N) is 1. The molecule has 0 amide bonds. The SMILES string of the molecule is Nc1cc(S(=O)(=O)Nc2cc(Br)ccc2F)ccc1Br. The van der Waals surface area contributed by atoms with E-state index in [0.29, 0.717) is 8.95 Å². The third-order valence-electron chi connectivity index (χ3n) is 2.45. The lowest BCUT2D eigenvalue weighted by atomic mass is 10.3. The van der Waals surface area contributed by atoms with E-state index in [9.17, 15) is 12.8 Å². The summed E-state index contributed by atoms with van der Waals surface area (Å²) in [6, 6.07) is 8.17. The Balaban J connectivity index is 2.40. The van der Waals surface area contributed by atoms with Crippen LogP contribution in [0.5, 0.6) is 0 Å². The maximum Gasteiger partial charge on any atom is 0.262 e. The zero-order valence-corrected chi connectivity index (χ0v) is 13.9. The molecule has 0 saturated carbocycles. The molecule has 0 aliphatic carbocycles. The van der Waals surface area contributed by atoms with Crippen LogP contribution in [0.2, 0.25) is 0 Å². The largest absolute Gasteiger partial charge is 0.398 e. The molecule has 0 aliphatic heterocycles. The maximum absolute atomic E-state index is 13.6. The second-order valence-electron chi connectivity index (χ2n) is 3.91. The number of hydrogen-bond donors (Lipinski definition) is 2. The molecule has 0 unspecified atom stereocenters. The van der Waals surface area contributed by atoms with Gasteiger partial charge in [0.25, 0.3) is 10.0 Å². The Morgan fingerprint density at radius 2 is 1.80 bits per heavy atom. The number of benzene rings is 2. The van der Waals surface area contributed by atoms with Crippen LogP contribution in [0.3, 0.4) is 0 Å². The molecule has 0 fully saturated rings. The molecule has 0 aromatic heterocycles. The molecule has 2 aromatic carbocycles. The number of sulfonamides is 1. The van der Waals surface area contributed by atoms with Gasteiger partial charge in [0.15, 0.2) is 0 Å². The summed E-state index contributed by atoms with van der Waals surface area (Å²) in [6.07, 6.45) is 0. The number of rotatable bonds is 3. The van der Waals surface area contributed by atoms with Crippen molar-refractivity contribution in [2.24, 2.45) is 0 Å². The molecular weight excluding hydrogens is 415 g/mol. The third kappa shape index (κ3) is 3.31. The van der Waals surface area contributed by atoms with E-state index >= 15 is 0 Å². The van der Waals surface area contributed by atoms with Crippen molar-refractivity contribution in [3.63, 3.8) is 0 Å². The Bertz CT molecular complexity index is 766. The fraction of sp³-hybridized carbons (Fsp3) is 0. The highest BCUT2D eigenvalue weighted by molar-refractivity contribution is 9.10. The Hall–Kier alpha value is -1.12. The minimum atomic E-state index is -3.90. The lowest BCUT2D eigenvalue weighted by molar-refractivity contribution is 0.598. The average molecular weight is 424 g/mol. The summed E-state index contributed by atoms with van der Waals surface area (Å²) >= 11 is 6.33. The molecule has 8 heteroatoms. The van der Waals surface area contributed by atoms with Crippen molar-refractivity contribution in [1.82, 2.24) is 0 Å². The Labute approximate surface area is 132 Å². The molecule has 0 saturated heterocycles. The topological polar surface area (TPSA) is 72.2 Å². The molecule has 4 nitrogen and oxygen atoms in total. The molecule has 0 bridgehead atoms. The predicted molar refractivity (Wildman–Crippen MR) is 83.5 cm³/mol.